The third-order valence-corrected chi connectivity index (χ3v) is 3.48. The fraction of sp³-hybridized carbons (Fsp3) is 0.0556. The van der Waals surface area contributed by atoms with E-state index in [1.54, 1.807) is 24.3 Å². The van der Waals surface area contributed by atoms with Gasteiger partial charge in [-0.25, -0.2) is 0 Å². The Labute approximate surface area is 122 Å². The molecule has 0 bridgehead atoms. The fourth-order valence-electron chi connectivity index (χ4n) is 2.37. The van der Waals surface area contributed by atoms with E-state index in [1.807, 2.05) is 18.2 Å². The van der Waals surface area contributed by atoms with Gasteiger partial charge in [-0.1, -0.05) is 54.6 Å². The minimum Gasteiger partial charge on any atom is -0.545 e. The number of carbonyl (C=O) groups excluding carboxylic acids is 1. The van der Waals surface area contributed by atoms with E-state index in [2.05, 4.69) is 29.6 Å². The topological polar surface area (TPSA) is 52.2 Å². The van der Waals surface area contributed by atoms with Crippen LogP contribution in [0, 0.1) is 0 Å². The molecule has 0 fully saturated rings. The van der Waals surface area contributed by atoms with Crippen LogP contribution in [0.25, 0.3) is 10.8 Å². The van der Waals surface area contributed by atoms with Crippen molar-refractivity contribution in [2.45, 2.75) is 6.54 Å². The lowest BCUT2D eigenvalue weighted by atomic mass is 10.0. The van der Waals surface area contributed by atoms with Crippen molar-refractivity contribution in [2.24, 2.45) is 0 Å². The van der Waals surface area contributed by atoms with Gasteiger partial charge in [0, 0.05) is 12.2 Å². The van der Waals surface area contributed by atoms with E-state index in [1.165, 1.54) is 16.3 Å². The molecule has 0 saturated carbocycles. The van der Waals surface area contributed by atoms with Crippen molar-refractivity contribution in [3.05, 3.63) is 77.9 Å². The van der Waals surface area contributed by atoms with Crippen LogP contribution in [-0.4, -0.2) is 5.97 Å². The molecule has 0 spiro atoms. The zero-order valence-electron chi connectivity index (χ0n) is 11.4. The van der Waals surface area contributed by atoms with Crippen LogP contribution in [-0.2, 0) is 6.54 Å². The molecule has 0 aliphatic rings. The summed E-state index contributed by atoms with van der Waals surface area (Å²) < 4.78 is 0. The summed E-state index contributed by atoms with van der Waals surface area (Å²) >= 11 is 0. The second-order valence-corrected chi connectivity index (χ2v) is 4.86. The summed E-state index contributed by atoms with van der Waals surface area (Å²) in [5, 5.41) is 16.4. The summed E-state index contributed by atoms with van der Waals surface area (Å²) in [5.41, 5.74) is 2.27. The number of hydrogen-bond donors (Lipinski definition) is 1. The molecular formula is C18H14NO2-. The molecule has 0 atom stereocenters. The third kappa shape index (κ3) is 2.87. The number of fused-ring (bicyclic) bond motifs is 1. The van der Waals surface area contributed by atoms with Crippen LogP contribution < -0.4 is 10.4 Å². The molecule has 0 aliphatic carbocycles. The van der Waals surface area contributed by atoms with E-state index >= 15 is 0 Å². The summed E-state index contributed by atoms with van der Waals surface area (Å²) in [4.78, 5) is 10.7. The molecule has 0 amide bonds. The molecule has 21 heavy (non-hydrogen) atoms. The molecular weight excluding hydrogens is 262 g/mol. The number of carboxylic acids is 1. The Hall–Kier alpha value is -2.81. The van der Waals surface area contributed by atoms with Gasteiger partial charge in [0.05, 0.1) is 5.97 Å². The van der Waals surface area contributed by atoms with Gasteiger partial charge < -0.3 is 15.2 Å². The van der Waals surface area contributed by atoms with Gasteiger partial charge in [-0.2, -0.15) is 0 Å². The van der Waals surface area contributed by atoms with Gasteiger partial charge in [0.25, 0.3) is 0 Å². The normalized spacial score (nSPS) is 10.5. The first kappa shape index (κ1) is 13.2. The highest BCUT2D eigenvalue weighted by atomic mass is 16.4. The number of carbonyl (C=O) groups is 1. The lowest BCUT2D eigenvalue weighted by Crippen LogP contribution is -2.21. The minimum absolute atomic E-state index is 0.186. The maximum atomic E-state index is 10.7. The summed E-state index contributed by atoms with van der Waals surface area (Å²) in [7, 11) is 0. The molecule has 3 aromatic carbocycles. The Kier molecular flexibility index (Phi) is 3.56. The van der Waals surface area contributed by atoms with Gasteiger partial charge >= 0.3 is 0 Å². The van der Waals surface area contributed by atoms with E-state index in [0.717, 1.165) is 5.69 Å². The highest BCUT2D eigenvalue weighted by Crippen LogP contribution is 2.19. The highest BCUT2D eigenvalue weighted by Gasteiger charge is 2.00. The van der Waals surface area contributed by atoms with E-state index < -0.39 is 5.97 Å². The molecule has 0 aromatic heterocycles. The molecule has 0 unspecified atom stereocenters. The number of aromatic carboxylic acids is 1. The first-order valence-corrected chi connectivity index (χ1v) is 6.76. The van der Waals surface area contributed by atoms with Gasteiger partial charge in [0.1, 0.15) is 0 Å². The van der Waals surface area contributed by atoms with Gasteiger partial charge in [-0.15, -0.1) is 0 Å². The molecule has 0 radical (unpaired) electrons. The van der Waals surface area contributed by atoms with Crippen molar-refractivity contribution < 1.29 is 9.90 Å². The second-order valence-electron chi connectivity index (χ2n) is 4.86. The predicted molar refractivity (Wildman–Crippen MR) is 82.0 cm³/mol. The summed E-state index contributed by atoms with van der Waals surface area (Å²) in [6, 6.07) is 21.0. The van der Waals surface area contributed by atoms with Crippen LogP contribution in [0.1, 0.15) is 15.9 Å². The van der Waals surface area contributed by atoms with Crippen molar-refractivity contribution in [3.8, 4) is 0 Å². The average molecular weight is 276 g/mol. The Morgan fingerprint density at radius 3 is 2.38 bits per heavy atom. The number of benzene rings is 3. The zero-order chi connectivity index (χ0) is 14.7. The number of rotatable bonds is 4. The molecule has 3 heteroatoms. The standard InChI is InChI=1S/C18H15NO2/c20-18(21)14-8-10-16(11-9-14)19-12-15-6-3-5-13-4-1-2-7-17(13)15/h1-11,19H,12H2,(H,20,21)/p-1. The Bertz CT molecular complexity index is 773. The lowest BCUT2D eigenvalue weighted by molar-refractivity contribution is -0.255. The highest BCUT2D eigenvalue weighted by molar-refractivity contribution is 5.87. The van der Waals surface area contributed by atoms with Crippen LogP contribution in [0.5, 0.6) is 0 Å². The zero-order valence-corrected chi connectivity index (χ0v) is 11.4. The van der Waals surface area contributed by atoms with Crippen molar-refractivity contribution in [3.63, 3.8) is 0 Å². The first-order chi connectivity index (χ1) is 10.2. The molecule has 0 heterocycles. The Morgan fingerprint density at radius 2 is 1.62 bits per heavy atom. The van der Waals surface area contributed by atoms with Crippen LogP contribution >= 0.6 is 0 Å². The van der Waals surface area contributed by atoms with Crippen molar-refractivity contribution in [1.29, 1.82) is 0 Å². The monoisotopic (exact) mass is 276 g/mol. The van der Waals surface area contributed by atoms with Gasteiger partial charge in [0.2, 0.25) is 0 Å². The van der Waals surface area contributed by atoms with E-state index in [4.69, 9.17) is 0 Å². The summed E-state index contributed by atoms with van der Waals surface area (Å²) in [5.74, 6) is -1.16. The van der Waals surface area contributed by atoms with Crippen molar-refractivity contribution >= 4 is 22.4 Å². The van der Waals surface area contributed by atoms with Crippen LogP contribution in [0.2, 0.25) is 0 Å². The smallest absolute Gasteiger partial charge is 0.0715 e. The molecule has 104 valence electrons. The van der Waals surface area contributed by atoms with E-state index in [-0.39, 0.29) is 5.56 Å². The van der Waals surface area contributed by atoms with Crippen LogP contribution in [0.15, 0.2) is 66.7 Å². The predicted octanol–water partition coefficient (Wildman–Crippen LogP) is 2.82. The quantitative estimate of drug-likeness (QED) is 0.797. The maximum Gasteiger partial charge on any atom is 0.0715 e. The second kappa shape index (κ2) is 5.67. The lowest BCUT2D eigenvalue weighted by Gasteiger charge is -2.10. The Balaban J connectivity index is 1.79. The minimum atomic E-state index is -1.16. The molecule has 0 saturated heterocycles. The van der Waals surface area contributed by atoms with Crippen LogP contribution in [0.4, 0.5) is 5.69 Å². The van der Waals surface area contributed by atoms with Gasteiger partial charge in [-0.05, 0) is 34.0 Å². The maximum absolute atomic E-state index is 10.7. The van der Waals surface area contributed by atoms with Crippen molar-refractivity contribution in [2.75, 3.05) is 5.32 Å². The SMILES string of the molecule is O=C([O-])c1ccc(NCc2cccc3ccccc23)cc1. The molecule has 0 aliphatic heterocycles. The molecule has 1 N–H and O–H groups in total. The fourth-order valence-corrected chi connectivity index (χ4v) is 2.37. The van der Waals surface area contributed by atoms with E-state index in [0.29, 0.717) is 6.54 Å². The first-order valence-electron chi connectivity index (χ1n) is 6.76. The van der Waals surface area contributed by atoms with Crippen LogP contribution in [0.3, 0.4) is 0 Å². The number of nitrogens with one attached hydrogen (secondary N) is 1. The third-order valence-electron chi connectivity index (χ3n) is 3.48. The summed E-state index contributed by atoms with van der Waals surface area (Å²) in [6.45, 7) is 0.687. The molecule has 3 nitrogen and oxygen atoms in total. The van der Waals surface area contributed by atoms with Crippen molar-refractivity contribution in [1.82, 2.24) is 0 Å². The Morgan fingerprint density at radius 1 is 0.905 bits per heavy atom. The summed E-state index contributed by atoms with van der Waals surface area (Å²) in [6.07, 6.45) is 0. The molecule has 3 rings (SSSR count). The number of anilines is 1. The van der Waals surface area contributed by atoms with Gasteiger partial charge in [-0.3, -0.25) is 0 Å². The average Bonchev–Trinajstić information content (AvgIpc) is 2.53. The largest absolute Gasteiger partial charge is 0.545 e. The number of carboxylic acid groups (broad SMARTS) is 1. The van der Waals surface area contributed by atoms with Gasteiger partial charge in [0.15, 0.2) is 0 Å². The van der Waals surface area contributed by atoms with E-state index in [9.17, 15) is 9.90 Å². The number of hydrogen-bond acceptors (Lipinski definition) is 3. The molecule has 3 aromatic rings.